The molecule has 0 aliphatic rings. The number of rotatable bonds is 4. The largest absolute Gasteiger partial charge is 0.457 e. The Kier molecular flexibility index (Phi) is 3.18. The zero-order chi connectivity index (χ0) is 12.9. The average molecular weight is 252 g/mol. The molecule has 3 aromatic rings. The maximum absolute atomic E-state index is 5.64. The number of ether oxygens (including phenoxy) is 1. The fourth-order valence-electron chi connectivity index (χ4n) is 1.72. The molecule has 3 rings (SSSR count). The molecule has 0 unspecified atom stereocenters. The van der Waals surface area contributed by atoms with E-state index in [-0.39, 0.29) is 0 Å². The number of para-hydroxylation sites is 1. The zero-order valence-corrected chi connectivity index (χ0v) is 10.2. The Hall–Kier alpha value is -2.69. The molecular formula is C14H12N4O. The van der Waals surface area contributed by atoms with Gasteiger partial charge in [-0.15, -0.1) is 0 Å². The van der Waals surface area contributed by atoms with E-state index in [2.05, 4.69) is 15.5 Å². The van der Waals surface area contributed by atoms with Crippen LogP contribution in [0.1, 0.15) is 5.56 Å². The van der Waals surface area contributed by atoms with Gasteiger partial charge in [-0.25, -0.2) is 0 Å². The van der Waals surface area contributed by atoms with E-state index in [4.69, 9.17) is 4.74 Å². The number of nitrogens with zero attached hydrogens (tertiary/aromatic N) is 4. The first-order valence-electron chi connectivity index (χ1n) is 5.94. The van der Waals surface area contributed by atoms with Crippen LogP contribution in [0.3, 0.4) is 0 Å². The molecule has 0 atom stereocenters. The van der Waals surface area contributed by atoms with Gasteiger partial charge in [-0.1, -0.05) is 53.6 Å². The van der Waals surface area contributed by atoms with E-state index in [0.29, 0.717) is 12.6 Å². The lowest BCUT2D eigenvalue weighted by Gasteiger charge is -2.06. The highest BCUT2D eigenvalue weighted by molar-refractivity contribution is 5.31. The third-order valence-corrected chi connectivity index (χ3v) is 2.65. The van der Waals surface area contributed by atoms with Gasteiger partial charge in [-0.3, -0.25) is 0 Å². The van der Waals surface area contributed by atoms with Gasteiger partial charge >= 0.3 is 6.01 Å². The standard InChI is InChI=1S/C14H12N4O/c1-3-7-12(8-4-1)11-19-14-15-16-17-18(14)13-9-5-2-6-10-13/h1-10H,11H2. The highest BCUT2D eigenvalue weighted by Crippen LogP contribution is 2.13. The van der Waals surface area contributed by atoms with Crippen LogP contribution in [0.25, 0.3) is 5.69 Å². The van der Waals surface area contributed by atoms with Gasteiger partial charge in [0.1, 0.15) is 6.61 Å². The Balaban J connectivity index is 1.78. The fraction of sp³-hybridized carbons (Fsp3) is 0.0714. The lowest BCUT2D eigenvalue weighted by molar-refractivity contribution is 0.273. The van der Waals surface area contributed by atoms with E-state index >= 15 is 0 Å². The van der Waals surface area contributed by atoms with Crippen molar-refractivity contribution in [1.82, 2.24) is 20.2 Å². The van der Waals surface area contributed by atoms with Crippen molar-refractivity contribution in [3.63, 3.8) is 0 Å². The lowest BCUT2D eigenvalue weighted by atomic mass is 10.2. The Labute approximate surface area is 110 Å². The first kappa shape index (κ1) is 11.4. The zero-order valence-electron chi connectivity index (χ0n) is 10.2. The van der Waals surface area contributed by atoms with Crippen molar-refractivity contribution in [1.29, 1.82) is 0 Å². The average Bonchev–Trinajstić information content (AvgIpc) is 2.95. The highest BCUT2D eigenvalue weighted by atomic mass is 16.5. The molecule has 0 spiro atoms. The van der Waals surface area contributed by atoms with Crippen LogP contribution in [-0.2, 0) is 6.61 Å². The first-order valence-corrected chi connectivity index (χ1v) is 5.94. The van der Waals surface area contributed by atoms with Gasteiger partial charge in [-0.05, 0) is 28.1 Å². The second-order valence-electron chi connectivity index (χ2n) is 3.98. The third-order valence-electron chi connectivity index (χ3n) is 2.65. The van der Waals surface area contributed by atoms with Gasteiger partial charge < -0.3 is 4.74 Å². The molecule has 0 saturated carbocycles. The van der Waals surface area contributed by atoms with Crippen LogP contribution in [-0.4, -0.2) is 20.2 Å². The maximum atomic E-state index is 5.64. The maximum Gasteiger partial charge on any atom is 0.340 e. The second-order valence-corrected chi connectivity index (χ2v) is 3.98. The SMILES string of the molecule is c1ccc(COc2nnnn2-c2ccccc2)cc1. The monoisotopic (exact) mass is 252 g/mol. The van der Waals surface area contributed by atoms with Gasteiger partial charge in [0.2, 0.25) is 0 Å². The second kappa shape index (κ2) is 5.30. The van der Waals surface area contributed by atoms with Crippen molar-refractivity contribution in [3.05, 3.63) is 66.2 Å². The van der Waals surface area contributed by atoms with E-state index in [1.165, 1.54) is 0 Å². The molecule has 1 aromatic heterocycles. The van der Waals surface area contributed by atoms with E-state index in [9.17, 15) is 0 Å². The topological polar surface area (TPSA) is 52.8 Å². The van der Waals surface area contributed by atoms with Gasteiger partial charge in [-0.2, -0.15) is 4.68 Å². The van der Waals surface area contributed by atoms with Crippen LogP contribution in [0.5, 0.6) is 6.01 Å². The minimum Gasteiger partial charge on any atom is -0.457 e. The summed E-state index contributed by atoms with van der Waals surface area (Å²) in [5.74, 6) is 0. The van der Waals surface area contributed by atoms with Crippen LogP contribution in [0, 0.1) is 0 Å². The predicted molar refractivity (Wildman–Crippen MR) is 69.9 cm³/mol. The number of aromatic nitrogens is 4. The van der Waals surface area contributed by atoms with Crippen molar-refractivity contribution in [2.45, 2.75) is 6.61 Å². The molecule has 0 N–H and O–H groups in total. The lowest BCUT2D eigenvalue weighted by Crippen LogP contribution is -2.03. The summed E-state index contributed by atoms with van der Waals surface area (Å²) >= 11 is 0. The van der Waals surface area contributed by atoms with Gasteiger partial charge in [0.05, 0.1) is 5.69 Å². The molecule has 0 aliphatic carbocycles. The molecule has 0 fully saturated rings. The number of hydrogen-bond acceptors (Lipinski definition) is 4. The summed E-state index contributed by atoms with van der Waals surface area (Å²) in [6, 6.07) is 19.9. The van der Waals surface area contributed by atoms with E-state index in [1.54, 1.807) is 4.68 Å². The summed E-state index contributed by atoms with van der Waals surface area (Å²) in [6.07, 6.45) is 0. The minimum atomic E-state index is 0.384. The van der Waals surface area contributed by atoms with Crippen molar-refractivity contribution >= 4 is 0 Å². The van der Waals surface area contributed by atoms with Gasteiger partial charge in [0.15, 0.2) is 0 Å². The predicted octanol–water partition coefficient (Wildman–Crippen LogP) is 2.24. The molecule has 19 heavy (non-hydrogen) atoms. The Morgan fingerprint density at radius 3 is 2.32 bits per heavy atom. The Bertz CT molecular complexity index is 637. The van der Waals surface area contributed by atoms with E-state index in [1.807, 2.05) is 60.7 Å². The summed E-state index contributed by atoms with van der Waals surface area (Å²) in [6.45, 7) is 0.439. The van der Waals surface area contributed by atoms with Crippen LogP contribution in [0.15, 0.2) is 60.7 Å². The summed E-state index contributed by atoms with van der Waals surface area (Å²) in [5.41, 5.74) is 1.95. The number of hydrogen-bond donors (Lipinski definition) is 0. The van der Waals surface area contributed by atoms with Gasteiger partial charge in [0.25, 0.3) is 0 Å². The fourth-order valence-corrected chi connectivity index (χ4v) is 1.72. The van der Waals surface area contributed by atoms with E-state index < -0.39 is 0 Å². The summed E-state index contributed by atoms with van der Waals surface area (Å²) in [7, 11) is 0. The molecule has 0 amide bonds. The first-order chi connectivity index (χ1) is 9.43. The third kappa shape index (κ3) is 2.60. The Morgan fingerprint density at radius 2 is 1.58 bits per heavy atom. The summed E-state index contributed by atoms with van der Waals surface area (Å²) in [5, 5.41) is 11.5. The molecule has 0 saturated heterocycles. The molecular weight excluding hydrogens is 240 g/mol. The molecule has 5 heteroatoms. The molecule has 1 heterocycles. The van der Waals surface area contributed by atoms with Crippen molar-refractivity contribution < 1.29 is 4.74 Å². The molecule has 0 radical (unpaired) electrons. The van der Waals surface area contributed by atoms with Crippen LogP contribution in [0.2, 0.25) is 0 Å². The quantitative estimate of drug-likeness (QED) is 0.714. The van der Waals surface area contributed by atoms with Crippen molar-refractivity contribution in [2.24, 2.45) is 0 Å². The highest BCUT2D eigenvalue weighted by Gasteiger charge is 2.08. The molecule has 0 bridgehead atoms. The molecule has 0 aliphatic heterocycles. The number of benzene rings is 2. The van der Waals surface area contributed by atoms with Crippen LogP contribution in [0.4, 0.5) is 0 Å². The van der Waals surface area contributed by atoms with Crippen LogP contribution < -0.4 is 4.74 Å². The van der Waals surface area contributed by atoms with Crippen molar-refractivity contribution in [2.75, 3.05) is 0 Å². The summed E-state index contributed by atoms with van der Waals surface area (Å²) in [4.78, 5) is 0. The minimum absolute atomic E-state index is 0.384. The normalized spacial score (nSPS) is 10.3. The van der Waals surface area contributed by atoms with Gasteiger partial charge in [0, 0.05) is 0 Å². The molecule has 5 nitrogen and oxygen atoms in total. The van der Waals surface area contributed by atoms with Crippen LogP contribution >= 0.6 is 0 Å². The van der Waals surface area contributed by atoms with Crippen molar-refractivity contribution in [3.8, 4) is 11.7 Å². The smallest absolute Gasteiger partial charge is 0.340 e. The summed E-state index contributed by atoms with van der Waals surface area (Å²) < 4.78 is 7.22. The molecule has 2 aromatic carbocycles. The Morgan fingerprint density at radius 1 is 0.895 bits per heavy atom. The molecule has 94 valence electrons. The van der Waals surface area contributed by atoms with E-state index in [0.717, 1.165) is 11.3 Å². The number of tetrazole rings is 1.